The lowest BCUT2D eigenvalue weighted by Crippen LogP contribution is -2.46. The number of hydrogen-bond acceptors (Lipinski definition) is 7. The van der Waals surface area contributed by atoms with Crippen LogP contribution in [-0.4, -0.2) is 34.4 Å². The number of esters is 1. The zero-order valence-corrected chi connectivity index (χ0v) is 14.1. The van der Waals surface area contributed by atoms with Crippen molar-refractivity contribution in [1.29, 1.82) is 0 Å². The van der Waals surface area contributed by atoms with E-state index < -0.39 is 39.1 Å². The first-order chi connectivity index (χ1) is 11.7. The lowest BCUT2D eigenvalue weighted by atomic mass is 9.98. The number of nitrogens with one attached hydrogen (secondary N) is 1. The fourth-order valence-corrected chi connectivity index (χ4v) is 2.06. The summed E-state index contributed by atoms with van der Waals surface area (Å²) in [6.07, 6.45) is 0.568. The molecule has 1 aromatic carbocycles. The first-order valence-corrected chi connectivity index (χ1v) is 7.62. The highest BCUT2D eigenvalue weighted by Gasteiger charge is 2.29. The van der Waals surface area contributed by atoms with Gasteiger partial charge in [0.15, 0.2) is 0 Å². The second-order valence-corrected chi connectivity index (χ2v) is 5.34. The largest absolute Gasteiger partial charge is 0.464 e. The predicted molar refractivity (Wildman–Crippen MR) is 87.1 cm³/mol. The number of nitro benzene ring substituents is 2. The van der Waals surface area contributed by atoms with Crippen molar-refractivity contribution in [2.75, 3.05) is 6.61 Å². The third-order valence-electron chi connectivity index (χ3n) is 3.63. The molecule has 1 amide bonds. The Morgan fingerprint density at radius 3 is 2.04 bits per heavy atom. The van der Waals surface area contributed by atoms with Gasteiger partial charge in [0.25, 0.3) is 17.3 Å². The average Bonchev–Trinajstić information content (AvgIpc) is 2.58. The summed E-state index contributed by atoms with van der Waals surface area (Å²) in [6, 6.07) is 1.63. The van der Waals surface area contributed by atoms with Crippen LogP contribution in [0.3, 0.4) is 0 Å². The van der Waals surface area contributed by atoms with Crippen molar-refractivity contribution in [3.63, 3.8) is 0 Å². The van der Waals surface area contributed by atoms with Crippen LogP contribution in [0.5, 0.6) is 0 Å². The molecule has 0 bridgehead atoms. The molecule has 0 saturated carbocycles. The molecular formula is C15H19N3O7. The van der Waals surface area contributed by atoms with E-state index in [4.69, 9.17) is 4.74 Å². The number of nitrogens with zero attached hydrogens (tertiary/aromatic N) is 2. The first kappa shape index (κ1) is 20.0. The van der Waals surface area contributed by atoms with Crippen molar-refractivity contribution in [2.24, 2.45) is 5.92 Å². The van der Waals surface area contributed by atoms with Gasteiger partial charge in [0.05, 0.1) is 28.1 Å². The fourth-order valence-electron chi connectivity index (χ4n) is 2.06. The van der Waals surface area contributed by atoms with E-state index in [1.807, 2.05) is 6.92 Å². The van der Waals surface area contributed by atoms with Gasteiger partial charge in [-0.1, -0.05) is 20.3 Å². The Kier molecular flexibility index (Phi) is 6.97. The Labute approximate surface area is 143 Å². The van der Waals surface area contributed by atoms with E-state index in [1.165, 1.54) is 0 Å². The number of non-ortho nitro benzene ring substituents is 2. The van der Waals surface area contributed by atoms with Crippen LogP contribution in [0, 0.1) is 26.1 Å². The second kappa shape index (κ2) is 8.71. The normalized spacial score (nSPS) is 12.8. The summed E-state index contributed by atoms with van der Waals surface area (Å²) >= 11 is 0. The summed E-state index contributed by atoms with van der Waals surface area (Å²) < 4.78 is 4.92. The van der Waals surface area contributed by atoms with E-state index in [0.717, 1.165) is 18.2 Å². The summed E-state index contributed by atoms with van der Waals surface area (Å²) in [5.74, 6) is -1.72. The minimum Gasteiger partial charge on any atom is -0.464 e. The maximum Gasteiger partial charge on any atom is 0.328 e. The molecule has 0 aromatic heterocycles. The highest BCUT2D eigenvalue weighted by molar-refractivity contribution is 5.98. The molecule has 0 aliphatic carbocycles. The van der Waals surface area contributed by atoms with E-state index in [2.05, 4.69) is 5.32 Å². The lowest BCUT2D eigenvalue weighted by Gasteiger charge is -2.22. The van der Waals surface area contributed by atoms with Crippen LogP contribution in [0.25, 0.3) is 0 Å². The zero-order valence-electron chi connectivity index (χ0n) is 14.1. The standard InChI is InChI=1S/C15H19N3O7/c1-4-9(3)13(15(20)25-5-2)16-14(19)10-6-11(17(21)22)8-12(7-10)18(23)24/h6-9,13H,4-5H2,1-3H3,(H,16,19)/t9?,13-/m0/s1. The Balaban J connectivity index is 3.17. The number of carbonyl (C=O) groups excluding carboxylic acids is 2. The van der Waals surface area contributed by atoms with Gasteiger partial charge in [-0.05, 0) is 12.8 Å². The van der Waals surface area contributed by atoms with Gasteiger partial charge in [0.2, 0.25) is 0 Å². The van der Waals surface area contributed by atoms with Crippen LogP contribution in [0.2, 0.25) is 0 Å². The molecule has 10 heteroatoms. The number of hydrogen-bond donors (Lipinski definition) is 1. The topological polar surface area (TPSA) is 142 Å². The molecule has 2 atom stereocenters. The summed E-state index contributed by atoms with van der Waals surface area (Å²) in [6.45, 7) is 5.31. The van der Waals surface area contributed by atoms with Crippen LogP contribution in [0.1, 0.15) is 37.6 Å². The van der Waals surface area contributed by atoms with Crippen molar-refractivity contribution >= 4 is 23.3 Å². The van der Waals surface area contributed by atoms with E-state index in [-0.39, 0.29) is 18.1 Å². The molecule has 0 saturated heterocycles. The summed E-state index contributed by atoms with van der Waals surface area (Å²) in [7, 11) is 0. The average molecular weight is 353 g/mol. The zero-order chi connectivity index (χ0) is 19.1. The maximum atomic E-state index is 12.4. The lowest BCUT2D eigenvalue weighted by molar-refractivity contribution is -0.394. The summed E-state index contributed by atoms with van der Waals surface area (Å²) in [5.41, 5.74) is -1.45. The van der Waals surface area contributed by atoms with E-state index in [9.17, 15) is 29.8 Å². The van der Waals surface area contributed by atoms with Crippen molar-refractivity contribution in [3.8, 4) is 0 Å². The molecule has 0 fully saturated rings. The fraction of sp³-hybridized carbons (Fsp3) is 0.467. The van der Waals surface area contributed by atoms with Crippen molar-refractivity contribution < 1.29 is 24.2 Å². The SMILES string of the molecule is CCOC(=O)[C@@H](NC(=O)c1cc([N+](=O)[O-])cc([N+](=O)[O-])c1)C(C)CC. The van der Waals surface area contributed by atoms with Gasteiger partial charge in [-0.25, -0.2) is 4.79 Å². The molecule has 1 rings (SSSR count). The molecule has 0 aliphatic rings. The van der Waals surface area contributed by atoms with Crippen molar-refractivity contribution in [2.45, 2.75) is 33.2 Å². The minimum absolute atomic E-state index is 0.129. The molecule has 25 heavy (non-hydrogen) atoms. The minimum atomic E-state index is -0.962. The molecule has 0 radical (unpaired) electrons. The van der Waals surface area contributed by atoms with Gasteiger partial charge in [0, 0.05) is 12.1 Å². The Morgan fingerprint density at radius 1 is 1.12 bits per heavy atom. The second-order valence-electron chi connectivity index (χ2n) is 5.34. The van der Waals surface area contributed by atoms with Crippen LogP contribution >= 0.6 is 0 Å². The smallest absolute Gasteiger partial charge is 0.328 e. The quantitative estimate of drug-likeness (QED) is 0.429. The third kappa shape index (κ3) is 5.23. The van der Waals surface area contributed by atoms with E-state index in [1.54, 1.807) is 13.8 Å². The van der Waals surface area contributed by atoms with Gasteiger partial charge in [0.1, 0.15) is 6.04 Å². The summed E-state index contributed by atoms with van der Waals surface area (Å²) in [4.78, 5) is 44.5. The van der Waals surface area contributed by atoms with Gasteiger partial charge in [-0.3, -0.25) is 25.0 Å². The molecule has 1 unspecified atom stereocenters. The highest BCUT2D eigenvalue weighted by atomic mass is 16.6. The monoisotopic (exact) mass is 353 g/mol. The number of rotatable bonds is 8. The van der Waals surface area contributed by atoms with Gasteiger partial charge in [-0.15, -0.1) is 0 Å². The van der Waals surface area contributed by atoms with Crippen LogP contribution < -0.4 is 5.32 Å². The van der Waals surface area contributed by atoms with Crippen LogP contribution in [-0.2, 0) is 9.53 Å². The van der Waals surface area contributed by atoms with Crippen LogP contribution in [0.4, 0.5) is 11.4 Å². The molecular weight excluding hydrogens is 334 g/mol. The number of carbonyl (C=O) groups is 2. The molecule has 1 aromatic rings. The number of ether oxygens (including phenoxy) is 1. The Morgan fingerprint density at radius 2 is 1.64 bits per heavy atom. The number of benzene rings is 1. The van der Waals surface area contributed by atoms with E-state index >= 15 is 0 Å². The highest BCUT2D eigenvalue weighted by Crippen LogP contribution is 2.23. The molecule has 0 heterocycles. The van der Waals surface area contributed by atoms with Gasteiger partial charge < -0.3 is 10.1 Å². The first-order valence-electron chi connectivity index (χ1n) is 7.62. The number of amides is 1. The van der Waals surface area contributed by atoms with Gasteiger partial charge >= 0.3 is 5.97 Å². The molecule has 10 nitrogen and oxygen atoms in total. The molecule has 0 aliphatic heterocycles. The van der Waals surface area contributed by atoms with Crippen LogP contribution in [0.15, 0.2) is 18.2 Å². The number of nitro groups is 2. The Bertz CT molecular complexity index is 657. The van der Waals surface area contributed by atoms with Crippen molar-refractivity contribution in [3.05, 3.63) is 44.0 Å². The molecule has 1 N–H and O–H groups in total. The molecule has 0 spiro atoms. The molecule has 136 valence electrons. The maximum absolute atomic E-state index is 12.4. The summed E-state index contributed by atoms with van der Waals surface area (Å²) in [5, 5.41) is 24.2. The third-order valence-corrected chi connectivity index (χ3v) is 3.63. The van der Waals surface area contributed by atoms with E-state index in [0.29, 0.717) is 6.42 Å². The Hall–Kier alpha value is -3.04. The predicted octanol–water partition coefficient (Wildman–Crippen LogP) is 2.21. The van der Waals surface area contributed by atoms with Gasteiger partial charge in [-0.2, -0.15) is 0 Å². The van der Waals surface area contributed by atoms with Crippen molar-refractivity contribution in [1.82, 2.24) is 5.32 Å².